The zero-order chi connectivity index (χ0) is 20.0. The summed E-state index contributed by atoms with van der Waals surface area (Å²) in [7, 11) is 0. The predicted octanol–water partition coefficient (Wildman–Crippen LogP) is 4.78. The summed E-state index contributed by atoms with van der Waals surface area (Å²) < 4.78 is 6.07. The third-order valence-electron chi connectivity index (χ3n) is 4.82. The lowest BCUT2D eigenvalue weighted by atomic mass is 9.90. The Labute approximate surface area is 162 Å². The van der Waals surface area contributed by atoms with Crippen LogP contribution in [0.3, 0.4) is 0 Å². The topological polar surface area (TPSA) is 58.6 Å². The summed E-state index contributed by atoms with van der Waals surface area (Å²) in [4.78, 5) is 11.2. The fraction of sp³-hybridized carbons (Fsp3) is 0.435. The third kappa shape index (κ3) is 6.10. The summed E-state index contributed by atoms with van der Waals surface area (Å²) in [6.45, 7) is 11.7. The maximum atomic E-state index is 11.2. The molecule has 2 aromatic rings. The van der Waals surface area contributed by atoms with E-state index >= 15 is 0 Å². The monoisotopic (exact) mass is 369 g/mol. The lowest BCUT2D eigenvalue weighted by Gasteiger charge is -2.19. The highest BCUT2D eigenvalue weighted by Gasteiger charge is 2.26. The summed E-state index contributed by atoms with van der Waals surface area (Å²) >= 11 is 0. The van der Waals surface area contributed by atoms with E-state index in [-0.39, 0.29) is 0 Å². The van der Waals surface area contributed by atoms with Crippen molar-refractivity contribution in [3.63, 3.8) is 0 Å². The molecule has 0 fully saturated rings. The second kappa shape index (κ2) is 9.05. The molecule has 0 saturated heterocycles. The molecule has 0 bridgehead atoms. The van der Waals surface area contributed by atoms with E-state index in [2.05, 4.69) is 56.4 Å². The van der Waals surface area contributed by atoms with Gasteiger partial charge >= 0.3 is 5.97 Å². The van der Waals surface area contributed by atoms with Crippen molar-refractivity contribution in [3.05, 3.63) is 64.2 Å². The molecule has 146 valence electrons. The van der Waals surface area contributed by atoms with Gasteiger partial charge in [0.2, 0.25) is 0 Å². The van der Waals surface area contributed by atoms with Gasteiger partial charge in [-0.2, -0.15) is 0 Å². The predicted molar refractivity (Wildman–Crippen MR) is 109 cm³/mol. The van der Waals surface area contributed by atoms with Crippen LogP contribution < -0.4 is 10.1 Å². The SMILES string of the molecule is Cc1cccc(COc2c(C)cc(CNCCC(C)(C)C(=O)O)cc2C)c1. The molecule has 2 aromatic carbocycles. The standard InChI is InChI=1S/C23H31NO3/c1-16-7-6-8-19(11-16)15-27-21-17(2)12-20(13-18(21)3)14-24-10-9-23(4,5)22(25)26/h6-8,11-13,24H,9-10,14-15H2,1-5H3,(H,25,26). The van der Waals surface area contributed by atoms with Gasteiger partial charge in [0.1, 0.15) is 12.4 Å². The Bertz CT molecular complexity index is 773. The van der Waals surface area contributed by atoms with Gasteiger partial charge in [0.05, 0.1) is 5.41 Å². The average Bonchev–Trinajstić information content (AvgIpc) is 2.58. The molecule has 0 aromatic heterocycles. The van der Waals surface area contributed by atoms with Crippen molar-refractivity contribution in [2.24, 2.45) is 5.41 Å². The molecule has 0 unspecified atom stereocenters. The summed E-state index contributed by atoms with van der Waals surface area (Å²) in [5.74, 6) is 0.179. The maximum absolute atomic E-state index is 11.2. The van der Waals surface area contributed by atoms with Crippen LogP contribution in [-0.4, -0.2) is 17.6 Å². The lowest BCUT2D eigenvalue weighted by molar-refractivity contribution is -0.147. The van der Waals surface area contributed by atoms with E-state index in [1.807, 2.05) is 6.07 Å². The molecule has 0 aliphatic heterocycles. The Kier molecular flexibility index (Phi) is 7.03. The third-order valence-corrected chi connectivity index (χ3v) is 4.82. The van der Waals surface area contributed by atoms with Gasteiger partial charge in [0, 0.05) is 6.54 Å². The number of hydrogen-bond donors (Lipinski definition) is 2. The first-order valence-electron chi connectivity index (χ1n) is 9.41. The van der Waals surface area contributed by atoms with Crippen molar-refractivity contribution in [1.29, 1.82) is 0 Å². The molecule has 0 heterocycles. The van der Waals surface area contributed by atoms with Crippen molar-refractivity contribution in [2.75, 3.05) is 6.54 Å². The Morgan fingerprint density at radius 3 is 2.33 bits per heavy atom. The highest BCUT2D eigenvalue weighted by atomic mass is 16.5. The molecule has 0 atom stereocenters. The largest absolute Gasteiger partial charge is 0.488 e. The number of aryl methyl sites for hydroxylation is 3. The number of nitrogens with one attached hydrogen (secondary N) is 1. The van der Waals surface area contributed by atoms with Gasteiger partial charge in [-0.25, -0.2) is 0 Å². The summed E-state index contributed by atoms with van der Waals surface area (Å²) in [6.07, 6.45) is 0.595. The van der Waals surface area contributed by atoms with Crippen molar-refractivity contribution in [3.8, 4) is 5.75 Å². The molecule has 0 radical (unpaired) electrons. The second-order valence-corrected chi connectivity index (χ2v) is 7.95. The number of ether oxygens (including phenoxy) is 1. The van der Waals surface area contributed by atoms with Crippen LogP contribution in [0.15, 0.2) is 36.4 Å². The minimum absolute atomic E-state index is 0.561. The molecular formula is C23H31NO3. The molecule has 0 saturated carbocycles. The van der Waals surface area contributed by atoms with E-state index in [0.29, 0.717) is 19.6 Å². The number of rotatable bonds is 9. The maximum Gasteiger partial charge on any atom is 0.309 e. The van der Waals surface area contributed by atoms with Crippen LogP contribution in [0.4, 0.5) is 0 Å². The molecule has 0 aliphatic rings. The molecule has 27 heavy (non-hydrogen) atoms. The van der Waals surface area contributed by atoms with Crippen LogP contribution >= 0.6 is 0 Å². The summed E-state index contributed by atoms with van der Waals surface area (Å²) in [5, 5.41) is 12.5. The van der Waals surface area contributed by atoms with Gasteiger partial charge < -0.3 is 15.2 Å². The minimum Gasteiger partial charge on any atom is -0.488 e. The smallest absolute Gasteiger partial charge is 0.309 e. The Morgan fingerprint density at radius 2 is 1.74 bits per heavy atom. The van der Waals surface area contributed by atoms with E-state index in [1.54, 1.807) is 13.8 Å². The van der Waals surface area contributed by atoms with Gasteiger partial charge in [0.15, 0.2) is 0 Å². The van der Waals surface area contributed by atoms with Crippen LogP contribution in [-0.2, 0) is 17.9 Å². The number of carbonyl (C=O) groups is 1. The Hall–Kier alpha value is -2.33. The molecular weight excluding hydrogens is 338 g/mol. The molecule has 2 rings (SSSR count). The van der Waals surface area contributed by atoms with Gasteiger partial charge in [-0.3, -0.25) is 4.79 Å². The van der Waals surface area contributed by atoms with Crippen molar-refractivity contribution in [2.45, 2.75) is 54.2 Å². The summed E-state index contributed by atoms with van der Waals surface area (Å²) in [5.41, 5.74) is 5.11. The van der Waals surface area contributed by atoms with Crippen LogP contribution in [0.5, 0.6) is 5.75 Å². The van der Waals surface area contributed by atoms with Crippen LogP contribution in [0.25, 0.3) is 0 Å². The number of aliphatic carboxylic acids is 1. The van der Waals surface area contributed by atoms with Crippen LogP contribution in [0, 0.1) is 26.2 Å². The van der Waals surface area contributed by atoms with Gasteiger partial charge in [-0.1, -0.05) is 42.0 Å². The number of carboxylic acid groups (broad SMARTS) is 1. The molecule has 0 aliphatic carbocycles. The first-order chi connectivity index (χ1) is 12.7. The highest BCUT2D eigenvalue weighted by Crippen LogP contribution is 2.26. The number of carboxylic acids is 1. The van der Waals surface area contributed by atoms with Crippen molar-refractivity contribution < 1.29 is 14.6 Å². The first-order valence-corrected chi connectivity index (χ1v) is 9.41. The Morgan fingerprint density at radius 1 is 1.07 bits per heavy atom. The summed E-state index contributed by atoms with van der Waals surface area (Å²) in [6, 6.07) is 12.6. The quantitative estimate of drug-likeness (QED) is 0.625. The fourth-order valence-electron chi connectivity index (χ4n) is 3.07. The second-order valence-electron chi connectivity index (χ2n) is 7.95. The van der Waals surface area contributed by atoms with E-state index < -0.39 is 11.4 Å². The Balaban J connectivity index is 1.93. The van der Waals surface area contributed by atoms with E-state index in [9.17, 15) is 4.79 Å². The fourth-order valence-corrected chi connectivity index (χ4v) is 3.07. The van der Waals surface area contributed by atoms with Gasteiger partial charge in [-0.15, -0.1) is 0 Å². The minimum atomic E-state index is -0.758. The van der Waals surface area contributed by atoms with E-state index in [0.717, 1.165) is 23.4 Å². The number of benzene rings is 2. The molecule has 0 amide bonds. The highest BCUT2D eigenvalue weighted by molar-refractivity contribution is 5.73. The van der Waals surface area contributed by atoms with E-state index in [1.165, 1.54) is 16.7 Å². The average molecular weight is 370 g/mol. The zero-order valence-electron chi connectivity index (χ0n) is 17.1. The van der Waals surface area contributed by atoms with Crippen LogP contribution in [0.1, 0.15) is 48.1 Å². The molecule has 2 N–H and O–H groups in total. The number of hydrogen-bond acceptors (Lipinski definition) is 3. The molecule has 4 nitrogen and oxygen atoms in total. The van der Waals surface area contributed by atoms with Crippen molar-refractivity contribution >= 4 is 5.97 Å². The normalized spacial score (nSPS) is 11.4. The zero-order valence-corrected chi connectivity index (χ0v) is 17.1. The van der Waals surface area contributed by atoms with Gasteiger partial charge in [0.25, 0.3) is 0 Å². The lowest BCUT2D eigenvalue weighted by Crippen LogP contribution is -2.28. The van der Waals surface area contributed by atoms with Crippen LogP contribution in [0.2, 0.25) is 0 Å². The molecule has 0 spiro atoms. The van der Waals surface area contributed by atoms with E-state index in [4.69, 9.17) is 9.84 Å². The first kappa shape index (κ1) is 21.0. The van der Waals surface area contributed by atoms with Gasteiger partial charge in [-0.05, 0) is 69.8 Å². The molecule has 4 heteroatoms. The van der Waals surface area contributed by atoms with Crippen molar-refractivity contribution in [1.82, 2.24) is 5.32 Å².